The molecule has 0 aliphatic carbocycles. The van der Waals surface area contributed by atoms with Crippen molar-refractivity contribution < 1.29 is 8.42 Å². The zero-order chi connectivity index (χ0) is 20.8. The summed E-state index contributed by atoms with van der Waals surface area (Å²) in [5.74, 6) is 0.319. The minimum Gasteiger partial charge on any atom is -0.308 e. The number of hydrogen-bond donors (Lipinski definition) is 1. The standard InChI is InChI=1S/C19H24N6O3S/c1-12-6-7-13(2)15(9-12)11-25-18-16(22-23-25)19(26)21-17(20-18)14-5-4-8-24(10-14)29(3,27)28/h6-7,9,14H,4-5,8,10-11H2,1-3H3,(H,20,21,26). The maximum atomic E-state index is 12.6. The molecule has 1 saturated heterocycles. The quantitative estimate of drug-likeness (QED) is 0.686. The van der Waals surface area contributed by atoms with Crippen LogP contribution in [0.1, 0.15) is 41.3 Å². The molecule has 1 aliphatic heterocycles. The van der Waals surface area contributed by atoms with Gasteiger partial charge >= 0.3 is 0 Å². The van der Waals surface area contributed by atoms with Crippen LogP contribution >= 0.6 is 0 Å². The summed E-state index contributed by atoms with van der Waals surface area (Å²) >= 11 is 0. The largest absolute Gasteiger partial charge is 0.308 e. The molecule has 9 nitrogen and oxygen atoms in total. The Balaban J connectivity index is 1.72. The van der Waals surface area contributed by atoms with Gasteiger partial charge in [0.25, 0.3) is 5.56 Å². The zero-order valence-corrected chi connectivity index (χ0v) is 17.5. The minimum absolute atomic E-state index is 0.167. The Morgan fingerprint density at radius 3 is 2.83 bits per heavy atom. The second-order valence-corrected chi connectivity index (χ2v) is 9.74. The Labute approximate surface area is 168 Å². The summed E-state index contributed by atoms with van der Waals surface area (Å²) in [5.41, 5.74) is 3.61. The van der Waals surface area contributed by atoms with E-state index in [1.54, 1.807) is 4.68 Å². The summed E-state index contributed by atoms with van der Waals surface area (Å²) in [6.07, 6.45) is 2.69. The van der Waals surface area contributed by atoms with Crippen molar-refractivity contribution in [3.63, 3.8) is 0 Å². The number of nitrogens with zero attached hydrogens (tertiary/aromatic N) is 5. The predicted octanol–water partition coefficient (Wildman–Crippen LogP) is 1.32. The van der Waals surface area contributed by atoms with Crippen molar-refractivity contribution in [1.82, 2.24) is 29.3 Å². The minimum atomic E-state index is -3.28. The van der Waals surface area contributed by atoms with Crippen LogP contribution in [0.15, 0.2) is 23.0 Å². The fraction of sp³-hybridized carbons (Fsp3) is 0.474. The van der Waals surface area contributed by atoms with Gasteiger partial charge in [0.1, 0.15) is 5.82 Å². The molecule has 1 aromatic carbocycles. The zero-order valence-electron chi connectivity index (χ0n) is 16.7. The van der Waals surface area contributed by atoms with Gasteiger partial charge in [-0.05, 0) is 37.8 Å². The number of piperidine rings is 1. The Hall–Kier alpha value is -2.59. The molecular weight excluding hydrogens is 392 g/mol. The summed E-state index contributed by atoms with van der Waals surface area (Å²) in [6.45, 7) is 5.32. The number of benzene rings is 1. The highest BCUT2D eigenvalue weighted by Crippen LogP contribution is 2.26. The Kier molecular flexibility index (Phi) is 4.99. The van der Waals surface area contributed by atoms with E-state index in [0.717, 1.165) is 29.5 Å². The molecule has 1 atom stereocenters. The van der Waals surface area contributed by atoms with Crippen molar-refractivity contribution in [3.05, 3.63) is 51.1 Å². The van der Waals surface area contributed by atoms with Crippen molar-refractivity contribution in [2.75, 3.05) is 19.3 Å². The van der Waals surface area contributed by atoms with Gasteiger partial charge in [-0.2, -0.15) is 0 Å². The van der Waals surface area contributed by atoms with Crippen LogP contribution in [-0.4, -0.2) is 57.0 Å². The Morgan fingerprint density at radius 1 is 1.28 bits per heavy atom. The van der Waals surface area contributed by atoms with Crippen molar-refractivity contribution in [2.45, 2.75) is 39.2 Å². The molecule has 1 N–H and O–H groups in total. The normalized spacial score (nSPS) is 18.4. The van der Waals surface area contributed by atoms with E-state index in [1.165, 1.54) is 10.6 Å². The second kappa shape index (κ2) is 7.34. The van der Waals surface area contributed by atoms with Gasteiger partial charge in [0, 0.05) is 19.0 Å². The molecule has 0 bridgehead atoms. The van der Waals surface area contributed by atoms with Crippen LogP contribution in [0.4, 0.5) is 0 Å². The van der Waals surface area contributed by atoms with E-state index in [4.69, 9.17) is 0 Å². The number of rotatable bonds is 4. The lowest BCUT2D eigenvalue weighted by Gasteiger charge is -2.30. The molecule has 1 fully saturated rings. The Bertz CT molecular complexity index is 1230. The highest BCUT2D eigenvalue weighted by Gasteiger charge is 2.29. The van der Waals surface area contributed by atoms with Gasteiger partial charge in [-0.1, -0.05) is 29.0 Å². The monoisotopic (exact) mass is 416 g/mol. The summed E-state index contributed by atoms with van der Waals surface area (Å²) < 4.78 is 26.9. The number of aromatic nitrogens is 5. The lowest BCUT2D eigenvalue weighted by atomic mass is 9.99. The van der Waals surface area contributed by atoms with Gasteiger partial charge < -0.3 is 4.98 Å². The first-order valence-electron chi connectivity index (χ1n) is 9.57. The van der Waals surface area contributed by atoms with Crippen molar-refractivity contribution in [1.29, 1.82) is 0 Å². The number of nitrogens with one attached hydrogen (secondary N) is 1. The number of aryl methyl sites for hydroxylation is 2. The summed E-state index contributed by atoms with van der Waals surface area (Å²) in [5, 5.41) is 8.15. The lowest BCUT2D eigenvalue weighted by Crippen LogP contribution is -2.39. The SMILES string of the molecule is Cc1ccc(C)c(Cn2nnc3c(=O)[nH]c(C4CCCN(S(C)(=O)=O)C4)nc32)c1. The van der Waals surface area contributed by atoms with Gasteiger partial charge in [0.05, 0.1) is 12.8 Å². The highest BCUT2D eigenvalue weighted by atomic mass is 32.2. The number of fused-ring (bicyclic) bond motifs is 1. The van der Waals surface area contributed by atoms with E-state index in [2.05, 4.69) is 38.5 Å². The summed E-state index contributed by atoms with van der Waals surface area (Å²) in [4.78, 5) is 20.0. The van der Waals surface area contributed by atoms with Gasteiger partial charge in [0.2, 0.25) is 10.0 Å². The van der Waals surface area contributed by atoms with E-state index in [9.17, 15) is 13.2 Å². The van der Waals surface area contributed by atoms with Gasteiger partial charge in [-0.25, -0.2) is 22.4 Å². The van der Waals surface area contributed by atoms with Crippen LogP contribution in [0.2, 0.25) is 0 Å². The number of hydrogen-bond acceptors (Lipinski definition) is 6. The number of aromatic amines is 1. The van der Waals surface area contributed by atoms with Crippen LogP contribution < -0.4 is 5.56 Å². The average molecular weight is 417 g/mol. The second-order valence-electron chi connectivity index (χ2n) is 7.76. The molecule has 2 aromatic heterocycles. The molecule has 3 heterocycles. The Morgan fingerprint density at radius 2 is 2.07 bits per heavy atom. The fourth-order valence-electron chi connectivity index (χ4n) is 3.78. The fourth-order valence-corrected chi connectivity index (χ4v) is 4.69. The first-order valence-corrected chi connectivity index (χ1v) is 11.4. The topological polar surface area (TPSA) is 114 Å². The van der Waals surface area contributed by atoms with E-state index in [0.29, 0.717) is 31.1 Å². The van der Waals surface area contributed by atoms with E-state index in [-0.39, 0.29) is 17.0 Å². The van der Waals surface area contributed by atoms with Crippen molar-refractivity contribution >= 4 is 21.2 Å². The van der Waals surface area contributed by atoms with Crippen molar-refractivity contribution in [2.24, 2.45) is 0 Å². The van der Waals surface area contributed by atoms with Crippen molar-refractivity contribution in [3.8, 4) is 0 Å². The predicted molar refractivity (Wildman–Crippen MR) is 109 cm³/mol. The molecule has 1 unspecified atom stereocenters. The average Bonchev–Trinajstić information content (AvgIpc) is 3.07. The van der Waals surface area contributed by atoms with Crippen LogP contribution in [0, 0.1) is 13.8 Å². The molecule has 1 aliphatic rings. The third-order valence-corrected chi connectivity index (χ3v) is 6.73. The molecule has 29 heavy (non-hydrogen) atoms. The summed E-state index contributed by atoms with van der Waals surface area (Å²) in [6, 6.07) is 6.19. The smallest absolute Gasteiger partial charge is 0.281 e. The van der Waals surface area contributed by atoms with Crippen LogP contribution in [-0.2, 0) is 16.6 Å². The van der Waals surface area contributed by atoms with Crippen LogP contribution in [0.25, 0.3) is 11.2 Å². The molecule has 4 rings (SSSR count). The highest BCUT2D eigenvalue weighted by molar-refractivity contribution is 7.88. The number of sulfonamides is 1. The van der Waals surface area contributed by atoms with E-state index in [1.807, 2.05) is 13.8 Å². The molecule has 0 radical (unpaired) electrons. The van der Waals surface area contributed by atoms with Crippen LogP contribution in [0.5, 0.6) is 0 Å². The van der Waals surface area contributed by atoms with Crippen LogP contribution in [0.3, 0.4) is 0 Å². The van der Waals surface area contributed by atoms with Gasteiger partial charge in [-0.15, -0.1) is 5.10 Å². The molecular formula is C19H24N6O3S. The van der Waals surface area contributed by atoms with E-state index >= 15 is 0 Å². The molecule has 0 saturated carbocycles. The van der Waals surface area contributed by atoms with E-state index < -0.39 is 10.0 Å². The van der Waals surface area contributed by atoms with Gasteiger partial charge in [0.15, 0.2) is 11.2 Å². The summed E-state index contributed by atoms with van der Waals surface area (Å²) in [7, 11) is -3.28. The van der Waals surface area contributed by atoms with Gasteiger partial charge in [-0.3, -0.25) is 4.79 Å². The molecule has 10 heteroatoms. The molecule has 154 valence electrons. The molecule has 0 spiro atoms. The molecule has 0 amide bonds. The third-order valence-electron chi connectivity index (χ3n) is 5.46. The first kappa shape index (κ1) is 19.7. The number of H-pyrrole nitrogens is 1. The third kappa shape index (κ3) is 3.95. The maximum Gasteiger partial charge on any atom is 0.281 e. The lowest BCUT2D eigenvalue weighted by molar-refractivity contribution is 0.311. The molecule has 3 aromatic rings. The maximum absolute atomic E-state index is 12.6. The first-order chi connectivity index (χ1) is 13.7.